The molecule has 2 atom stereocenters. The highest BCUT2D eigenvalue weighted by molar-refractivity contribution is 5.78. The lowest BCUT2D eigenvalue weighted by Crippen LogP contribution is -2.48. The van der Waals surface area contributed by atoms with Gasteiger partial charge in [0.2, 0.25) is 5.91 Å². The number of aromatic hydroxyl groups is 1. The van der Waals surface area contributed by atoms with E-state index in [2.05, 4.69) is 28.0 Å². The van der Waals surface area contributed by atoms with Crippen LogP contribution in [0.3, 0.4) is 0 Å². The Kier molecular flexibility index (Phi) is 7.54. The second-order valence-corrected chi connectivity index (χ2v) is 10.9. The zero-order chi connectivity index (χ0) is 23.3. The molecule has 2 aromatic carbocycles. The maximum absolute atomic E-state index is 13.4. The van der Waals surface area contributed by atoms with E-state index in [1.54, 1.807) is 6.07 Å². The number of hydrogen-bond acceptors (Lipinski definition) is 3. The molecule has 0 aromatic heterocycles. The van der Waals surface area contributed by atoms with Gasteiger partial charge in [0.1, 0.15) is 5.75 Å². The number of carbonyl (C=O) groups excluding carboxylic acids is 1. The standard InChI is InChI=1S/C30H40N2O2/c33-29-13-7-12-25(21-29)26-19-27-14-15-28(20-26)32(27)17-16-31(22-24-10-5-2-6-11-24)30(34)18-23-8-3-1-4-9-23/h1,3-4,7-9,12-13,21,24,26-28,33H,2,5-6,10-11,14-20,22H2. The molecule has 0 spiro atoms. The predicted molar refractivity (Wildman–Crippen MR) is 137 cm³/mol. The first-order valence-corrected chi connectivity index (χ1v) is 13.5. The van der Waals surface area contributed by atoms with E-state index in [-0.39, 0.29) is 0 Å². The van der Waals surface area contributed by atoms with Crippen molar-refractivity contribution in [1.29, 1.82) is 0 Å². The van der Waals surface area contributed by atoms with Crippen molar-refractivity contribution < 1.29 is 9.90 Å². The molecule has 2 bridgehead atoms. The van der Waals surface area contributed by atoms with Gasteiger partial charge in [-0.3, -0.25) is 9.69 Å². The fourth-order valence-electron chi connectivity index (χ4n) is 6.81. The van der Waals surface area contributed by atoms with Crippen LogP contribution in [-0.2, 0) is 11.2 Å². The number of phenols is 1. The van der Waals surface area contributed by atoms with Crippen molar-refractivity contribution in [3.63, 3.8) is 0 Å². The smallest absolute Gasteiger partial charge is 0.227 e. The lowest BCUT2D eigenvalue weighted by atomic mass is 9.85. The van der Waals surface area contributed by atoms with Crippen LogP contribution in [-0.4, -0.2) is 52.5 Å². The number of amides is 1. The maximum atomic E-state index is 13.4. The molecule has 2 aliphatic heterocycles. The van der Waals surface area contributed by atoms with Crippen LogP contribution >= 0.6 is 0 Å². The molecule has 1 amide bonds. The van der Waals surface area contributed by atoms with Crippen LogP contribution < -0.4 is 0 Å². The van der Waals surface area contributed by atoms with Gasteiger partial charge in [-0.2, -0.15) is 0 Å². The lowest BCUT2D eigenvalue weighted by molar-refractivity contribution is -0.131. The third-order valence-electron chi connectivity index (χ3n) is 8.61. The Morgan fingerprint density at radius 3 is 2.35 bits per heavy atom. The normalized spacial score (nSPS) is 25.4. The summed E-state index contributed by atoms with van der Waals surface area (Å²) in [6.45, 7) is 2.78. The third-order valence-corrected chi connectivity index (χ3v) is 8.61. The largest absolute Gasteiger partial charge is 0.508 e. The van der Waals surface area contributed by atoms with Crippen LogP contribution in [0.1, 0.15) is 74.8 Å². The molecule has 3 aliphatic rings. The number of nitrogens with zero attached hydrogens (tertiary/aromatic N) is 2. The van der Waals surface area contributed by atoms with Crippen LogP contribution in [0.25, 0.3) is 0 Å². The van der Waals surface area contributed by atoms with Gasteiger partial charge < -0.3 is 10.0 Å². The van der Waals surface area contributed by atoms with Crippen molar-refractivity contribution in [2.24, 2.45) is 5.92 Å². The minimum absolute atomic E-state index is 0.291. The first-order chi connectivity index (χ1) is 16.7. The van der Waals surface area contributed by atoms with Gasteiger partial charge >= 0.3 is 0 Å². The average molecular weight is 461 g/mol. The van der Waals surface area contributed by atoms with Gasteiger partial charge in [0.25, 0.3) is 0 Å². The monoisotopic (exact) mass is 460 g/mol. The van der Waals surface area contributed by atoms with Crippen LogP contribution in [0.5, 0.6) is 5.75 Å². The van der Waals surface area contributed by atoms with Crippen molar-refractivity contribution >= 4 is 5.91 Å². The molecule has 5 rings (SSSR count). The van der Waals surface area contributed by atoms with E-state index in [4.69, 9.17) is 0 Å². The van der Waals surface area contributed by atoms with E-state index in [9.17, 15) is 9.90 Å². The third kappa shape index (κ3) is 5.66. The average Bonchev–Trinajstić information content (AvgIpc) is 3.09. The van der Waals surface area contributed by atoms with Crippen molar-refractivity contribution in [2.75, 3.05) is 19.6 Å². The van der Waals surface area contributed by atoms with Crippen molar-refractivity contribution in [3.8, 4) is 5.75 Å². The zero-order valence-electron chi connectivity index (χ0n) is 20.4. The Hall–Kier alpha value is -2.33. The minimum atomic E-state index is 0.291. The molecule has 4 nitrogen and oxygen atoms in total. The summed E-state index contributed by atoms with van der Waals surface area (Å²) >= 11 is 0. The fourth-order valence-corrected chi connectivity index (χ4v) is 6.81. The highest BCUT2D eigenvalue weighted by atomic mass is 16.3. The molecule has 1 saturated carbocycles. The molecular formula is C30H40N2O2. The molecule has 3 fully saturated rings. The summed E-state index contributed by atoms with van der Waals surface area (Å²) < 4.78 is 0. The molecule has 1 N–H and O–H groups in total. The molecule has 1 aliphatic carbocycles. The highest BCUT2D eigenvalue weighted by Gasteiger charge is 2.41. The van der Waals surface area contributed by atoms with Gasteiger partial charge in [-0.15, -0.1) is 0 Å². The molecule has 2 heterocycles. The number of fused-ring (bicyclic) bond motifs is 2. The summed E-state index contributed by atoms with van der Waals surface area (Å²) in [4.78, 5) is 18.3. The maximum Gasteiger partial charge on any atom is 0.227 e. The second-order valence-electron chi connectivity index (χ2n) is 10.9. The van der Waals surface area contributed by atoms with E-state index < -0.39 is 0 Å². The predicted octanol–water partition coefficient (Wildman–Crippen LogP) is 5.75. The van der Waals surface area contributed by atoms with E-state index in [1.807, 2.05) is 30.3 Å². The molecule has 2 aromatic rings. The summed E-state index contributed by atoms with van der Waals surface area (Å²) in [5, 5.41) is 9.93. The quantitative estimate of drug-likeness (QED) is 0.545. The lowest BCUT2D eigenvalue weighted by Gasteiger charge is -2.40. The summed E-state index contributed by atoms with van der Waals surface area (Å²) in [7, 11) is 0. The fraction of sp³-hybridized carbons (Fsp3) is 0.567. The van der Waals surface area contributed by atoms with E-state index in [1.165, 1.54) is 63.4 Å². The first-order valence-electron chi connectivity index (χ1n) is 13.5. The van der Waals surface area contributed by atoms with Gasteiger partial charge in [0.05, 0.1) is 6.42 Å². The van der Waals surface area contributed by atoms with Gasteiger partial charge in [-0.05, 0) is 73.6 Å². The molecule has 0 radical (unpaired) electrons. The Labute approximate surface area is 205 Å². The Balaban J connectivity index is 1.22. The van der Waals surface area contributed by atoms with Crippen LogP contribution in [0.4, 0.5) is 0 Å². The molecule has 4 heteroatoms. The number of piperidine rings is 1. The van der Waals surface area contributed by atoms with Crippen LogP contribution in [0.2, 0.25) is 0 Å². The number of carbonyl (C=O) groups is 1. The summed E-state index contributed by atoms with van der Waals surface area (Å²) in [6.07, 6.45) is 11.9. The number of rotatable bonds is 8. The van der Waals surface area contributed by atoms with Crippen molar-refractivity contribution in [3.05, 3.63) is 65.7 Å². The van der Waals surface area contributed by atoms with Gasteiger partial charge in [0.15, 0.2) is 0 Å². The van der Waals surface area contributed by atoms with Gasteiger partial charge in [-0.25, -0.2) is 0 Å². The SMILES string of the molecule is O=C(Cc1ccccc1)N(CCN1C2CCC1CC(c1cccc(O)c1)C2)CC1CCCCC1. The van der Waals surface area contributed by atoms with E-state index in [0.29, 0.717) is 42.0 Å². The summed E-state index contributed by atoms with van der Waals surface area (Å²) in [5.74, 6) is 1.88. The van der Waals surface area contributed by atoms with E-state index >= 15 is 0 Å². The van der Waals surface area contributed by atoms with E-state index in [0.717, 1.165) is 25.2 Å². The second kappa shape index (κ2) is 10.9. The molecule has 2 unspecified atom stereocenters. The Morgan fingerprint density at radius 1 is 0.912 bits per heavy atom. The number of phenolic OH excluding ortho intramolecular Hbond substituents is 1. The zero-order valence-corrected chi connectivity index (χ0v) is 20.4. The Bertz CT molecular complexity index is 926. The Morgan fingerprint density at radius 2 is 1.65 bits per heavy atom. The molecule has 2 saturated heterocycles. The number of benzene rings is 2. The molecule has 34 heavy (non-hydrogen) atoms. The molecule has 182 valence electrons. The van der Waals surface area contributed by atoms with Crippen LogP contribution in [0, 0.1) is 5.92 Å². The van der Waals surface area contributed by atoms with Crippen molar-refractivity contribution in [2.45, 2.75) is 82.2 Å². The van der Waals surface area contributed by atoms with Crippen LogP contribution in [0.15, 0.2) is 54.6 Å². The highest BCUT2D eigenvalue weighted by Crippen LogP contribution is 2.43. The summed E-state index contributed by atoms with van der Waals surface area (Å²) in [5.41, 5.74) is 2.40. The number of hydrogen-bond donors (Lipinski definition) is 1. The van der Waals surface area contributed by atoms with Gasteiger partial charge in [0, 0.05) is 31.7 Å². The van der Waals surface area contributed by atoms with Crippen molar-refractivity contribution in [1.82, 2.24) is 9.80 Å². The van der Waals surface area contributed by atoms with Gasteiger partial charge in [-0.1, -0.05) is 61.7 Å². The summed E-state index contributed by atoms with van der Waals surface area (Å²) in [6, 6.07) is 19.3. The minimum Gasteiger partial charge on any atom is -0.508 e. The molecular weight excluding hydrogens is 420 g/mol. The topological polar surface area (TPSA) is 43.8 Å². The first kappa shape index (κ1) is 23.4.